The molecule has 0 amide bonds. The molecule has 0 spiro atoms. The molecule has 0 saturated carbocycles. The Morgan fingerprint density at radius 1 is 1.43 bits per heavy atom. The minimum atomic E-state index is -1.22. The zero-order valence-corrected chi connectivity index (χ0v) is 5.63. The summed E-state index contributed by atoms with van der Waals surface area (Å²) in [5.41, 5.74) is 0. The lowest BCUT2D eigenvalue weighted by Crippen LogP contribution is -2.09. The molecule has 0 heterocycles. The van der Waals surface area contributed by atoms with Gasteiger partial charge in [0.2, 0.25) is 0 Å². The standard InChI is InChI=1S/C5H11FS/c1-3-5(6,7)4-2/h7H,3-4H2,1-2H3. The van der Waals surface area contributed by atoms with Gasteiger partial charge in [0, 0.05) is 0 Å². The van der Waals surface area contributed by atoms with Gasteiger partial charge in [-0.1, -0.05) is 13.8 Å². The van der Waals surface area contributed by atoms with Crippen LogP contribution >= 0.6 is 12.6 Å². The first-order valence-corrected chi connectivity index (χ1v) is 2.98. The van der Waals surface area contributed by atoms with Crippen LogP contribution in [-0.4, -0.2) is 5.00 Å². The van der Waals surface area contributed by atoms with Crippen molar-refractivity contribution < 1.29 is 4.39 Å². The summed E-state index contributed by atoms with van der Waals surface area (Å²) >= 11 is 3.72. The molecule has 0 aliphatic rings. The average Bonchev–Trinajstić information content (AvgIpc) is 1.68. The molecule has 0 aromatic carbocycles. The van der Waals surface area contributed by atoms with E-state index >= 15 is 0 Å². The Kier molecular flexibility index (Phi) is 2.66. The Bertz CT molecular complexity index is 46.0. The smallest absolute Gasteiger partial charge is 0.153 e. The maximum atomic E-state index is 12.4. The molecule has 44 valence electrons. The van der Waals surface area contributed by atoms with Crippen molar-refractivity contribution in [1.29, 1.82) is 0 Å². The van der Waals surface area contributed by atoms with E-state index in [-0.39, 0.29) is 0 Å². The summed E-state index contributed by atoms with van der Waals surface area (Å²) in [4.78, 5) is 0. The first kappa shape index (κ1) is 7.28. The molecule has 0 radical (unpaired) electrons. The van der Waals surface area contributed by atoms with Gasteiger partial charge in [-0.3, -0.25) is 0 Å². The third-order valence-corrected chi connectivity index (χ3v) is 1.72. The van der Waals surface area contributed by atoms with Crippen LogP contribution in [0.25, 0.3) is 0 Å². The highest BCUT2D eigenvalue weighted by molar-refractivity contribution is 7.81. The van der Waals surface area contributed by atoms with Crippen molar-refractivity contribution in [3.63, 3.8) is 0 Å². The topological polar surface area (TPSA) is 0 Å². The fourth-order valence-electron chi connectivity index (χ4n) is 0.250. The van der Waals surface area contributed by atoms with E-state index in [2.05, 4.69) is 12.6 Å². The summed E-state index contributed by atoms with van der Waals surface area (Å²) in [7, 11) is 0. The zero-order chi connectivity index (χ0) is 5.91. The molecule has 0 aliphatic carbocycles. The van der Waals surface area contributed by atoms with Crippen molar-refractivity contribution in [3.8, 4) is 0 Å². The highest BCUT2D eigenvalue weighted by atomic mass is 32.1. The quantitative estimate of drug-likeness (QED) is 0.534. The predicted octanol–water partition coefficient (Wildman–Crippen LogP) is 2.40. The van der Waals surface area contributed by atoms with Gasteiger partial charge in [-0.2, -0.15) is 0 Å². The van der Waals surface area contributed by atoms with Gasteiger partial charge < -0.3 is 0 Å². The van der Waals surface area contributed by atoms with E-state index in [4.69, 9.17) is 0 Å². The molecule has 7 heavy (non-hydrogen) atoms. The highest BCUT2D eigenvalue weighted by Gasteiger charge is 2.17. The zero-order valence-electron chi connectivity index (χ0n) is 4.74. The first-order valence-electron chi connectivity index (χ1n) is 2.53. The molecule has 0 aromatic rings. The SMILES string of the molecule is CCC(F)(S)CC. The Morgan fingerprint density at radius 2 is 1.71 bits per heavy atom. The highest BCUT2D eigenvalue weighted by Crippen LogP contribution is 2.23. The molecular formula is C5H11FS. The maximum Gasteiger partial charge on any atom is 0.153 e. The van der Waals surface area contributed by atoms with Gasteiger partial charge in [0.15, 0.2) is 5.00 Å². The van der Waals surface area contributed by atoms with Crippen molar-refractivity contribution in [2.24, 2.45) is 0 Å². The lowest BCUT2D eigenvalue weighted by Gasteiger charge is -2.12. The molecular weight excluding hydrogens is 111 g/mol. The number of rotatable bonds is 2. The van der Waals surface area contributed by atoms with E-state index in [9.17, 15) is 4.39 Å². The number of halogens is 1. The van der Waals surface area contributed by atoms with Gasteiger partial charge in [0.1, 0.15) is 0 Å². The second-order valence-corrected chi connectivity index (χ2v) is 2.43. The molecule has 0 unspecified atom stereocenters. The third-order valence-electron chi connectivity index (χ3n) is 1.08. The second kappa shape index (κ2) is 2.55. The number of hydrogen-bond donors (Lipinski definition) is 1. The monoisotopic (exact) mass is 122 g/mol. The van der Waals surface area contributed by atoms with Crippen LogP contribution in [0.3, 0.4) is 0 Å². The average molecular weight is 122 g/mol. The van der Waals surface area contributed by atoms with Crippen LogP contribution in [0.2, 0.25) is 0 Å². The van der Waals surface area contributed by atoms with Crippen LogP contribution in [0.5, 0.6) is 0 Å². The second-order valence-electron chi connectivity index (χ2n) is 1.63. The van der Waals surface area contributed by atoms with Gasteiger partial charge in [-0.15, -0.1) is 12.6 Å². The van der Waals surface area contributed by atoms with E-state index in [1.165, 1.54) is 0 Å². The van der Waals surface area contributed by atoms with Crippen LogP contribution in [0, 0.1) is 0 Å². The Hall–Kier alpha value is 0.280. The van der Waals surface area contributed by atoms with Crippen molar-refractivity contribution >= 4 is 12.6 Å². The normalized spacial score (nSPS) is 12.0. The van der Waals surface area contributed by atoms with Gasteiger partial charge in [-0.25, -0.2) is 4.39 Å². The van der Waals surface area contributed by atoms with Gasteiger partial charge in [0.25, 0.3) is 0 Å². The molecule has 0 saturated heterocycles. The van der Waals surface area contributed by atoms with E-state index in [1.807, 2.05) is 0 Å². The summed E-state index contributed by atoms with van der Waals surface area (Å²) in [6, 6.07) is 0. The molecule has 0 aliphatic heterocycles. The number of thiol groups is 1. The Morgan fingerprint density at radius 3 is 1.71 bits per heavy atom. The van der Waals surface area contributed by atoms with Crippen molar-refractivity contribution in [1.82, 2.24) is 0 Å². The van der Waals surface area contributed by atoms with Crippen molar-refractivity contribution in [3.05, 3.63) is 0 Å². The summed E-state index contributed by atoms with van der Waals surface area (Å²) in [5.74, 6) is 0. The lowest BCUT2D eigenvalue weighted by molar-refractivity contribution is 0.274. The Balaban J connectivity index is 3.36. The van der Waals surface area contributed by atoms with E-state index in [0.29, 0.717) is 12.8 Å². The van der Waals surface area contributed by atoms with Crippen LogP contribution < -0.4 is 0 Å². The van der Waals surface area contributed by atoms with Crippen LogP contribution in [-0.2, 0) is 0 Å². The summed E-state index contributed by atoms with van der Waals surface area (Å²) < 4.78 is 12.4. The van der Waals surface area contributed by atoms with Gasteiger partial charge >= 0.3 is 0 Å². The molecule has 0 bridgehead atoms. The summed E-state index contributed by atoms with van der Waals surface area (Å²) in [5, 5.41) is -1.22. The van der Waals surface area contributed by atoms with Crippen LogP contribution in [0.1, 0.15) is 26.7 Å². The maximum absolute atomic E-state index is 12.4. The Labute approximate surface area is 49.5 Å². The fraction of sp³-hybridized carbons (Fsp3) is 1.00. The van der Waals surface area contributed by atoms with Gasteiger partial charge in [0.05, 0.1) is 0 Å². The molecule has 0 nitrogen and oxygen atoms in total. The minimum Gasteiger partial charge on any atom is -0.232 e. The summed E-state index contributed by atoms with van der Waals surface area (Å²) in [6.45, 7) is 3.58. The first-order chi connectivity index (χ1) is 3.12. The van der Waals surface area contributed by atoms with E-state index < -0.39 is 5.00 Å². The molecule has 0 N–H and O–H groups in total. The molecule has 0 aromatic heterocycles. The number of hydrogen-bond acceptors (Lipinski definition) is 1. The predicted molar refractivity (Wildman–Crippen MR) is 33.4 cm³/mol. The third kappa shape index (κ3) is 2.92. The number of alkyl halides is 1. The van der Waals surface area contributed by atoms with Gasteiger partial charge in [-0.05, 0) is 12.8 Å². The van der Waals surface area contributed by atoms with E-state index in [0.717, 1.165) is 0 Å². The van der Waals surface area contributed by atoms with Crippen LogP contribution in [0.4, 0.5) is 4.39 Å². The minimum absolute atomic E-state index is 0.493. The van der Waals surface area contributed by atoms with Crippen LogP contribution in [0.15, 0.2) is 0 Å². The summed E-state index contributed by atoms with van der Waals surface area (Å²) in [6.07, 6.45) is 0.985. The molecule has 0 rings (SSSR count). The van der Waals surface area contributed by atoms with E-state index in [1.54, 1.807) is 13.8 Å². The molecule has 0 atom stereocenters. The van der Waals surface area contributed by atoms with Crippen molar-refractivity contribution in [2.75, 3.05) is 0 Å². The largest absolute Gasteiger partial charge is 0.232 e. The van der Waals surface area contributed by atoms with Crippen molar-refractivity contribution in [2.45, 2.75) is 31.7 Å². The molecule has 0 fully saturated rings. The fourth-order valence-corrected chi connectivity index (χ4v) is 0.250. The molecule has 2 heteroatoms. The lowest BCUT2D eigenvalue weighted by atomic mass is 10.2.